The maximum absolute atomic E-state index is 13.7. The zero-order valence-electron chi connectivity index (χ0n) is 20.0. The molecule has 0 saturated carbocycles. The summed E-state index contributed by atoms with van der Waals surface area (Å²) in [7, 11) is 0. The molecule has 0 spiro atoms. The smallest absolute Gasteiger partial charge is 0.267 e. The van der Waals surface area contributed by atoms with Crippen LogP contribution in [-0.2, 0) is 17.8 Å². The van der Waals surface area contributed by atoms with Crippen LogP contribution in [0.1, 0.15) is 48.4 Å². The number of fused-ring (bicyclic) bond motifs is 2. The molecule has 2 aliphatic rings. The Labute approximate surface area is 214 Å². The minimum atomic E-state index is -0.177. The summed E-state index contributed by atoms with van der Waals surface area (Å²) in [4.78, 5) is 36.2. The molecule has 2 aliphatic heterocycles. The molecule has 0 aliphatic carbocycles. The lowest BCUT2D eigenvalue weighted by Gasteiger charge is -2.31. The van der Waals surface area contributed by atoms with E-state index in [1.165, 1.54) is 22.9 Å². The summed E-state index contributed by atoms with van der Waals surface area (Å²) in [5, 5.41) is 0. The van der Waals surface area contributed by atoms with Gasteiger partial charge in [0.1, 0.15) is 15.8 Å². The maximum Gasteiger partial charge on any atom is 0.267 e. The number of unbranched alkanes of at least 4 members (excludes halogenated alkanes) is 2. The van der Waals surface area contributed by atoms with E-state index in [9.17, 15) is 9.59 Å². The van der Waals surface area contributed by atoms with Crippen LogP contribution >= 0.6 is 24.0 Å². The Balaban J connectivity index is 1.60. The van der Waals surface area contributed by atoms with E-state index in [-0.39, 0.29) is 11.5 Å². The van der Waals surface area contributed by atoms with Crippen LogP contribution in [-0.4, -0.2) is 37.6 Å². The third-order valence-electron chi connectivity index (χ3n) is 6.63. The van der Waals surface area contributed by atoms with E-state index < -0.39 is 0 Å². The number of rotatable bonds is 6. The summed E-state index contributed by atoms with van der Waals surface area (Å²) < 4.78 is 2.13. The first-order valence-corrected chi connectivity index (χ1v) is 13.3. The standard InChI is InChI=1S/C27H28N4O2S2/c1-3-4-7-13-31-26(33)22(35-27(31)34)16-21-24(28-23-18(2)9-8-14-30(23)25(21)32)29-15-12-19-10-5-6-11-20(19)17-29/h5-6,8-11,14,16H,3-4,7,12-13,15,17H2,1-2H3/b22-16-. The fourth-order valence-electron chi connectivity index (χ4n) is 4.69. The van der Waals surface area contributed by atoms with Crippen LogP contribution in [0.5, 0.6) is 0 Å². The molecule has 0 bridgehead atoms. The van der Waals surface area contributed by atoms with Crippen LogP contribution in [0.25, 0.3) is 11.7 Å². The molecule has 1 fully saturated rings. The predicted molar refractivity (Wildman–Crippen MR) is 147 cm³/mol. The molecule has 1 saturated heterocycles. The van der Waals surface area contributed by atoms with E-state index in [0.717, 1.165) is 37.8 Å². The van der Waals surface area contributed by atoms with Gasteiger partial charge < -0.3 is 4.90 Å². The molecule has 35 heavy (non-hydrogen) atoms. The Morgan fingerprint density at radius 3 is 2.71 bits per heavy atom. The summed E-state index contributed by atoms with van der Waals surface area (Å²) in [6.07, 6.45) is 7.36. The number of hydrogen-bond donors (Lipinski definition) is 0. The van der Waals surface area contributed by atoms with E-state index in [4.69, 9.17) is 17.2 Å². The Kier molecular flexibility index (Phi) is 6.75. The largest absolute Gasteiger partial charge is 0.351 e. The number of nitrogens with zero attached hydrogens (tertiary/aromatic N) is 4. The van der Waals surface area contributed by atoms with Crippen LogP contribution in [0.4, 0.5) is 5.82 Å². The van der Waals surface area contributed by atoms with E-state index >= 15 is 0 Å². The molecule has 0 N–H and O–H groups in total. The van der Waals surface area contributed by atoms with Gasteiger partial charge in [-0.3, -0.25) is 18.9 Å². The van der Waals surface area contributed by atoms with E-state index in [2.05, 4.69) is 30.0 Å². The number of hydrogen-bond acceptors (Lipinski definition) is 6. The molecule has 0 unspecified atom stereocenters. The molecule has 5 rings (SSSR count). The first-order chi connectivity index (χ1) is 17.0. The van der Waals surface area contributed by atoms with Crippen molar-refractivity contribution in [2.75, 3.05) is 18.0 Å². The molecule has 1 amide bonds. The molecule has 1 aromatic carbocycles. The summed E-state index contributed by atoms with van der Waals surface area (Å²) in [6, 6.07) is 12.2. The van der Waals surface area contributed by atoms with Gasteiger partial charge >= 0.3 is 0 Å². The third-order valence-corrected chi connectivity index (χ3v) is 8.01. The Morgan fingerprint density at radius 2 is 1.91 bits per heavy atom. The third kappa shape index (κ3) is 4.52. The number of aryl methyl sites for hydroxylation is 1. The average molecular weight is 505 g/mol. The summed E-state index contributed by atoms with van der Waals surface area (Å²) >= 11 is 6.78. The van der Waals surface area contributed by atoms with Crippen molar-refractivity contribution in [3.8, 4) is 0 Å². The van der Waals surface area contributed by atoms with Gasteiger partial charge in [-0.15, -0.1) is 0 Å². The van der Waals surface area contributed by atoms with Crippen molar-refractivity contribution in [1.29, 1.82) is 0 Å². The highest BCUT2D eigenvalue weighted by Gasteiger charge is 2.33. The number of pyridine rings is 1. The number of thioether (sulfide) groups is 1. The number of benzene rings is 1. The zero-order valence-corrected chi connectivity index (χ0v) is 21.6. The highest BCUT2D eigenvalue weighted by atomic mass is 32.2. The molecule has 2 aromatic heterocycles. The SMILES string of the molecule is CCCCCN1C(=O)/C(=C/c2c(N3CCc4ccccc4C3)nc3c(C)cccn3c2=O)SC1=S. The summed E-state index contributed by atoms with van der Waals surface area (Å²) in [6.45, 7) is 6.12. The van der Waals surface area contributed by atoms with Gasteiger partial charge in [0, 0.05) is 25.8 Å². The van der Waals surface area contributed by atoms with Gasteiger partial charge in [-0.05, 0) is 48.6 Å². The van der Waals surface area contributed by atoms with Crippen LogP contribution < -0.4 is 10.5 Å². The Hall–Kier alpha value is -2.97. The molecule has 8 heteroatoms. The first kappa shape index (κ1) is 23.8. The normalized spacial score (nSPS) is 17.0. The second-order valence-electron chi connectivity index (χ2n) is 9.02. The monoisotopic (exact) mass is 504 g/mol. The lowest BCUT2D eigenvalue weighted by molar-refractivity contribution is -0.122. The van der Waals surface area contributed by atoms with Gasteiger partial charge in [0.15, 0.2) is 0 Å². The Morgan fingerprint density at radius 1 is 1.11 bits per heavy atom. The van der Waals surface area contributed by atoms with E-state index in [1.54, 1.807) is 21.6 Å². The number of thiocarbonyl (C=S) groups is 1. The second kappa shape index (κ2) is 9.95. The summed E-state index contributed by atoms with van der Waals surface area (Å²) in [5.74, 6) is 0.495. The number of anilines is 1. The van der Waals surface area contributed by atoms with Crippen molar-refractivity contribution in [1.82, 2.24) is 14.3 Å². The van der Waals surface area contributed by atoms with Crippen molar-refractivity contribution in [2.24, 2.45) is 0 Å². The fourth-order valence-corrected chi connectivity index (χ4v) is 5.98. The zero-order chi connectivity index (χ0) is 24.5. The highest BCUT2D eigenvalue weighted by Crippen LogP contribution is 2.34. The van der Waals surface area contributed by atoms with Crippen molar-refractivity contribution in [3.05, 3.63) is 80.1 Å². The molecule has 0 atom stereocenters. The minimum absolute atomic E-state index is 0.125. The summed E-state index contributed by atoms with van der Waals surface area (Å²) in [5.41, 5.74) is 4.38. The van der Waals surface area contributed by atoms with Crippen molar-refractivity contribution < 1.29 is 4.79 Å². The van der Waals surface area contributed by atoms with E-state index in [1.807, 2.05) is 25.1 Å². The van der Waals surface area contributed by atoms with Crippen LogP contribution in [0.15, 0.2) is 52.3 Å². The van der Waals surface area contributed by atoms with Crippen LogP contribution in [0.2, 0.25) is 0 Å². The number of amides is 1. The molecule has 3 aromatic rings. The van der Waals surface area contributed by atoms with Gasteiger partial charge in [0.25, 0.3) is 11.5 Å². The lowest BCUT2D eigenvalue weighted by Crippen LogP contribution is -2.34. The first-order valence-electron chi connectivity index (χ1n) is 12.1. The molecule has 6 nitrogen and oxygen atoms in total. The number of aromatic nitrogens is 2. The maximum atomic E-state index is 13.7. The highest BCUT2D eigenvalue weighted by molar-refractivity contribution is 8.26. The Bertz CT molecular complexity index is 1410. The predicted octanol–water partition coefficient (Wildman–Crippen LogP) is 4.96. The molecular formula is C27H28N4O2S2. The lowest BCUT2D eigenvalue weighted by atomic mass is 9.99. The fraction of sp³-hybridized carbons (Fsp3) is 0.333. The molecule has 4 heterocycles. The van der Waals surface area contributed by atoms with Crippen molar-refractivity contribution in [2.45, 2.75) is 46.1 Å². The molecule has 180 valence electrons. The van der Waals surface area contributed by atoms with Gasteiger partial charge in [-0.25, -0.2) is 4.98 Å². The van der Waals surface area contributed by atoms with Gasteiger partial charge in [0.2, 0.25) is 0 Å². The van der Waals surface area contributed by atoms with Crippen molar-refractivity contribution >= 4 is 51.7 Å². The quantitative estimate of drug-likeness (QED) is 0.269. The molecule has 0 radical (unpaired) electrons. The molecular weight excluding hydrogens is 476 g/mol. The number of carbonyl (C=O) groups excluding carboxylic acids is 1. The van der Waals surface area contributed by atoms with Crippen LogP contribution in [0.3, 0.4) is 0 Å². The van der Waals surface area contributed by atoms with Gasteiger partial charge in [0.05, 0.1) is 10.5 Å². The van der Waals surface area contributed by atoms with Crippen LogP contribution in [0, 0.1) is 6.92 Å². The van der Waals surface area contributed by atoms with Gasteiger partial charge in [-0.2, -0.15) is 0 Å². The van der Waals surface area contributed by atoms with Gasteiger partial charge in [-0.1, -0.05) is 74.1 Å². The van der Waals surface area contributed by atoms with E-state index in [0.29, 0.717) is 39.3 Å². The second-order valence-corrected chi connectivity index (χ2v) is 10.7. The topological polar surface area (TPSA) is 57.9 Å². The number of carbonyl (C=O) groups is 1. The minimum Gasteiger partial charge on any atom is -0.351 e. The van der Waals surface area contributed by atoms with Crippen molar-refractivity contribution in [3.63, 3.8) is 0 Å². The average Bonchev–Trinajstić information content (AvgIpc) is 3.13.